The van der Waals surface area contributed by atoms with Gasteiger partial charge in [0.25, 0.3) is 5.91 Å². The van der Waals surface area contributed by atoms with Gasteiger partial charge in [-0.3, -0.25) is 19.4 Å². The van der Waals surface area contributed by atoms with Crippen molar-refractivity contribution >= 4 is 11.6 Å². The summed E-state index contributed by atoms with van der Waals surface area (Å²) in [6, 6.07) is 2.32. The van der Waals surface area contributed by atoms with Crippen molar-refractivity contribution in [3.05, 3.63) is 53.7 Å². The van der Waals surface area contributed by atoms with Crippen LogP contribution in [0.5, 0.6) is 5.75 Å². The molecule has 0 spiro atoms. The van der Waals surface area contributed by atoms with Crippen molar-refractivity contribution in [3.63, 3.8) is 0 Å². The molecular formula is C21H17F6N5O2. The molecule has 1 atom stereocenters. The molecule has 0 aliphatic carbocycles. The maximum absolute atomic E-state index is 13.1. The number of ether oxygens (including phenoxy) is 1. The van der Waals surface area contributed by atoms with Crippen LogP contribution in [0.15, 0.2) is 36.9 Å². The highest BCUT2D eigenvalue weighted by atomic mass is 19.4. The van der Waals surface area contributed by atoms with E-state index in [-0.39, 0.29) is 11.4 Å². The Kier molecular flexibility index (Phi) is 5.74. The summed E-state index contributed by atoms with van der Waals surface area (Å²) in [5.74, 6) is -0.538. The van der Waals surface area contributed by atoms with Crippen molar-refractivity contribution in [3.8, 4) is 17.0 Å². The summed E-state index contributed by atoms with van der Waals surface area (Å²) in [5, 5.41) is 3.69. The van der Waals surface area contributed by atoms with E-state index in [0.717, 1.165) is 12.4 Å². The number of anilines is 1. The van der Waals surface area contributed by atoms with Crippen LogP contribution in [0.25, 0.3) is 11.3 Å². The van der Waals surface area contributed by atoms with Crippen molar-refractivity contribution in [2.75, 3.05) is 11.5 Å². The quantitative estimate of drug-likeness (QED) is 0.482. The topological polar surface area (TPSA) is 73.1 Å². The Morgan fingerprint density at radius 3 is 2.47 bits per heavy atom. The predicted molar refractivity (Wildman–Crippen MR) is 107 cm³/mol. The van der Waals surface area contributed by atoms with E-state index in [1.54, 1.807) is 19.9 Å². The number of amides is 1. The lowest BCUT2D eigenvalue weighted by Crippen LogP contribution is -2.26. The lowest BCUT2D eigenvalue weighted by Gasteiger charge is -2.19. The number of alkyl halides is 6. The van der Waals surface area contributed by atoms with Crippen LogP contribution in [0.1, 0.15) is 34.6 Å². The normalized spacial score (nSPS) is 16.2. The molecule has 0 bridgehead atoms. The van der Waals surface area contributed by atoms with Gasteiger partial charge in [-0.05, 0) is 31.5 Å². The molecule has 3 aromatic heterocycles. The van der Waals surface area contributed by atoms with E-state index in [0.29, 0.717) is 32.8 Å². The number of nitrogens with zero attached hydrogens (tertiary/aromatic N) is 5. The van der Waals surface area contributed by atoms with E-state index in [1.807, 2.05) is 0 Å². The van der Waals surface area contributed by atoms with E-state index in [1.165, 1.54) is 23.4 Å². The van der Waals surface area contributed by atoms with Crippen LogP contribution in [-0.2, 0) is 6.54 Å². The van der Waals surface area contributed by atoms with Gasteiger partial charge in [-0.15, -0.1) is 0 Å². The van der Waals surface area contributed by atoms with E-state index in [4.69, 9.17) is 4.74 Å². The molecule has 0 radical (unpaired) electrons. The first-order chi connectivity index (χ1) is 15.8. The van der Waals surface area contributed by atoms with E-state index in [2.05, 4.69) is 15.1 Å². The molecule has 1 aliphatic heterocycles. The van der Waals surface area contributed by atoms with Gasteiger partial charge in [0.05, 0.1) is 41.1 Å². The highest BCUT2D eigenvalue weighted by Gasteiger charge is 2.39. The van der Waals surface area contributed by atoms with Gasteiger partial charge in [0.2, 0.25) is 0 Å². The lowest BCUT2D eigenvalue weighted by molar-refractivity contribution is -0.153. The highest BCUT2D eigenvalue weighted by Crippen LogP contribution is 2.39. The molecule has 0 N–H and O–H groups in total. The van der Waals surface area contributed by atoms with Crippen LogP contribution in [0.4, 0.5) is 32.0 Å². The van der Waals surface area contributed by atoms with Gasteiger partial charge < -0.3 is 4.74 Å². The third kappa shape index (κ3) is 4.82. The number of aromatic nitrogens is 4. The number of hydrogen-bond acceptors (Lipinski definition) is 5. The van der Waals surface area contributed by atoms with Gasteiger partial charge >= 0.3 is 12.4 Å². The third-order valence-electron chi connectivity index (χ3n) is 5.11. The molecule has 0 saturated carbocycles. The van der Waals surface area contributed by atoms with Gasteiger partial charge in [-0.2, -0.15) is 31.4 Å². The van der Waals surface area contributed by atoms with Crippen molar-refractivity contribution in [1.82, 2.24) is 19.7 Å². The molecule has 1 amide bonds. The van der Waals surface area contributed by atoms with E-state index < -0.39 is 37.5 Å². The average molecular weight is 485 g/mol. The first kappa shape index (κ1) is 23.5. The van der Waals surface area contributed by atoms with Crippen molar-refractivity contribution < 1.29 is 35.9 Å². The Bertz CT molecular complexity index is 1240. The largest absolute Gasteiger partial charge is 0.482 e. The van der Waals surface area contributed by atoms with Crippen LogP contribution < -0.4 is 9.64 Å². The number of halogens is 6. The number of hydrogen-bond donors (Lipinski definition) is 0. The minimum Gasteiger partial charge on any atom is -0.482 e. The molecule has 4 heterocycles. The Morgan fingerprint density at radius 2 is 1.79 bits per heavy atom. The molecule has 7 nitrogen and oxygen atoms in total. The molecule has 4 rings (SSSR count). The number of pyridine rings is 2. The minimum atomic E-state index is -4.51. The van der Waals surface area contributed by atoms with Gasteiger partial charge in [-0.25, -0.2) is 4.98 Å². The summed E-state index contributed by atoms with van der Waals surface area (Å²) >= 11 is 0. The zero-order valence-corrected chi connectivity index (χ0v) is 17.8. The fourth-order valence-corrected chi connectivity index (χ4v) is 3.74. The molecule has 13 heteroatoms. The van der Waals surface area contributed by atoms with Crippen molar-refractivity contribution in [1.29, 1.82) is 0 Å². The third-order valence-corrected chi connectivity index (χ3v) is 5.11. The smallest absolute Gasteiger partial charge is 0.422 e. The summed E-state index contributed by atoms with van der Waals surface area (Å²) in [7, 11) is 0. The molecule has 0 saturated heterocycles. The number of fused-ring (bicyclic) bond motifs is 1. The molecular weight excluding hydrogens is 468 g/mol. The molecule has 180 valence electrons. The lowest BCUT2D eigenvalue weighted by atomic mass is 10.0. The van der Waals surface area contributed by atoms with Crippen molar-refractivity contribution in [2.24, 2.45) is 0 Å². The van der Waals surface area contributed by atoms with Gasteiger partial charge in [0.1, 0.15) is 12.3 Å². The fourth-order valence-electron chi connectivity index (χ4n) is 3.74. The van der Waals surface area contributed by atoms with E-state index in [9.17, 15) is 31.1 Å². The Labute approximate surface area is 189 Å². The van der Waals surface area contributed by atoms with Crippen LogP contribution in [0.3, 0.4) is 0 Å². The van der Waals surface area contributed by atoms with Crippen LogP contribution >= 0.6 is 0 Å². The second-order valence-corrected chi connectivity index (χ2v) is 7.76. The predicted octanol–water partition coefficient (Wildman–Crippen LogP) is 4.87. The fraction of sp³-hybridized carbons (Fsp3) is 0.333. The number of carbonyl (C=O) groups is 1. The number of rotatable bonds is 5. The molecule has 34 heavy (non-hydrogen) atoms. The van der Waals surface area contributed by atoms with Gasteiger partial charge in [0.15, 0.2) is 6.61 Å². The van der Waals surface area contributed by atoms with Crippen molar-refractivity contribution in [2.45, 2.75) is 38.8 Å². The van der Waals surface area contributed by atoms with Gasteiger partial charge in [-0.1, -0.05) is 0 Å². The zero-order chi connectivity index (χ0) is 24.8. The van der Waals surface area contributed by atoms with Gasteiger partial charge in [0, 0.05) is 18.0 Å². The first-order valence-electron chi connectivity index (χ1n) is 9.91. The minimum absolute atomic E-state index is 0.0994. The highest BCUT2D eigenvalue weighted by molar-refractivity contribution is 6.11. The summed E-state index contributed by atoms with van der Waals surface area (Å²) in [6.45, 7) is 0.569. The Morgan fingerprint density at radius 1 is 1.06 bits per heavy atom. The zero-order valence-electron chi connectivity index (χ0n) is 17.8. The van der Waals surface area contributed by atoms with E-state index >= 15 is 0 Å². The van der Waals surface area contributed by atoms with Crippen LogP contribution in [0, 0.1) is 6.92 Å². The Balaban J connectivity index is 1.64. The monoisotopic (exact) mass is 485 g/mol. The molecule has 1 aliphatic rings. The Hall–Kier alpha value is -3.64. The maximum atomic E-state index is 13.1. The second kappa shape index (κ2) is 8.29. The van der Waals surface area contributed by atoms with Crippen LogP contribution in [-0.4, -0.2) is 44.6 Å². The molecule has 0 fully saturated rings. The summed E-state index contributed by atoms with van der Waals surface area (Å²) < 4.78 is 80.8. The first-order valence-corrected chi connectivity index (χ1v) is 9.91. The number of carbonyl (C=O) groups excluding carboxylic acids is 1. The second-order valence-electron chi connectivity index (χ2n) is 7.76. The summed E-state index contributed by atoms with van der Waals surface area (Å²) in [4.78, 5) is 22.8. The SMILES string of the molecule is Cc1cc(-c2cncc(OCC(F)(F)F)c2)nc2c1C(=O)N(c1cnn(CC(F)(F)F)c1)C2C. The molecule has 3 aromatic rings. The standard InChI is InChI=1S/C21H17F6N5O2/c1-11-3-16(13-4-15(7-28-5-13)34-10-21(25,26)27)30-18-12(2)32(19(33)17(11)18)14-6-29-31(8-14)9-20(22,23)24/h3-8,12H,9-10H2,1-2H3. The summed E-state index contributed by atoms with van der Waals surface area (Å²) in [6.07, 6.45) is -4.13. The average Bonchev–Trinajstić information content (AvgIpc) is 3.27. The molecule has 1 unspecified atom stereocenters. The van der Waals surface area contributed by atoms with Crippen LogP contribution in [0.2, 0.25) is 0 Å². The number of aryl methyl sites for hydroxylation is 1. The summed E-state index contributed by atoms with van der Waals surface area (Å²) in [5.41, 5.74) is 2.15. The maximum Gasteiger partial charge on any atom is 0.422 e. The molecule has 0 aromatic carbocycles.